The highest BCUT2D eigenvalue weighted by Gasteiger charge is 2.34. The molecule has 9 heteroatoms. The fraction of sp³-hybridized carbons (Fsp3) is 0.400. The van der Waals surface area contributed by atoms with Gasteiger partial charge in [-0.05, 0) is 12.1 Å². The van der Waals surface area contributed by atoms with Gasteiger partial charge >= 0.3 is 6.18 Å². The summed E-state index contributed by atoms with van der Waals surface area (Å²) in [5, 5.41) is 2.59. The number of benzene rings is 1. The molecule has 0 radical (unpaired) electrons. The second-order valence-electron chi connectivity index (χ2n) is 5.46. The monoisotopic (exact) mass is 395 g/mol. The smallest absolute Gasteiger partial charge is 0.368 e. The SMILES string of the molecule is FC(F)(F)c1csc(CN2CCN(c3cccc(Cl)c3Cl)CC2)n1. The van der Waals surface area contributed by atoms with E-state index in [4.69, 9.17) is 23.2 Å². The van der Waals surface area contributed by atoms with Crippen molar-refractivity contribution in [3.8, 4) is 0 Å². The molecule has 1 aromatic carbocycles. The predicted octanol–water partition coefficient (Wildman–Crippen LogP) is 4.79. The van der Waals surface area contributed by atoms with E-state index in [0.717, 1.165) is 48.6 Å². The maximum absolute atomic E-state index is 12.6. The molecule has 1 aliphatic rings. The third-order valence-corrected chi connectivity index (χ3v) is 5.49. The molecule has 1 aromatic heterocycles. The fourth-order valence-corrected chi connectivity index (χ4v) is 3.85. The van der Waals surface area contributed by atoms with E-state index >= 15 is 0 Å². The Labute approximate surface area is 151 Å². The van der Waals surface area contributed by atoms with Crippen LogP contribution < -0.4 is 4.90 Å². The van der Waals surface area contributed by atoms with Crippen LogP contribution in [0.4, 0.5) is 18.9 Å². The first-order chi connectivity index (χ1) is 11.3. The summed E-state index contributed by atoms with van der Waals surface area (Å²) in [4.78, 5) is 7.90. The lowest BCUT2D eigenvalue weighted by Crippen LogP contribution is -2.46. The summed E-state index contributed by atoms with van der Waals surface area (Å²) < 4.78 is 37.8. The van der Waals surface area contributed by atoms with Gasteiger partial charge in [-0.2, -0.15) is 13.2 Å². The molecule has 24 heavy (non-hydrogen) atoms. The molecule has 130 valence electrons. The molecule has 0 bridgehead atoms. The van der Waals surface area contributed by atoms with Crippen molar-refractivity contribution < 1.29 is 13.2 Å². The van der Waals surface area contributed by atoms with Gasteiger partial charge in [0.2, 0.25) is 0 Å². The lowest BCUT2D eigenvalue weighted by molar-refractivity contribution is -0.140. The van der Waals surface area contributed by atoms with Crippen LogP contribution in [0.3, 0.4) is 0 Å². The summed E-state index contributed by atoms with van der Waals surface area (Å²) >= 11 is 13.3. The molecular formula is C15H14Cl2F3N3S. The van der Waals surface area contributed by atoms with Crippen molar-refractivity contribution >= 4 is 40.2 Å². The zero-order chi connectivity index (χ0) is 17.3. The number of alkyl halides is 3. The highest BCUT2D eigenvalue weighted by Crippen LogP contribution is 2.33. The first-order valence-corrected chi connectivity index (χ1v) is 8.91. The largest absolute Gasteiger partial charge is 0.434 e. The van der Waals surface area contributed by atoms with Crippen LogP contribution in [-0.2, 0) is 12.7 Å². The van der Waals surface area contributed by atoms with Gasteiger partial charge in [0, 0.05) is 31.6 Å². The van der Waals surface area contributed by atoms with E-state index in [0.29, 0.717) is 21.6 Å². The summed E-state index contributed by atoms with van der Waals surface area (Å²) in [6, 6.07) is 5.51. The molecule has 0 saturated carbocycles. The Kier molecular flexibility index (Phi) is 5.24. The number of hydrogen-bond donors (Lipinski definition) is 0. The number of nitrogens with zero attached hydrogens (tertiary/aromatic N) is 3. The van der Waals surface area contributed by atoms with Crippen LogP contribution in [-0.4, -0.2) is 36.1 Å². The second-order valence-corrected chi connectivity index (χ2v) is 7.19. The lowest BCUT2D eigenvalue weighted by Gasteiger charge is -2.36. The van der Waals surface area contributed by atoms with Crippen LogP contribution in [0, 0.1) is 0 Å². The van der Waals surface area contributed by atoms with Crippen LogP contribution in [0.15, 0.2) is 23.6 Å². The van der Waals surface area contributed by atoms with E-state index < -0.39 is 11.9 Å². The predicted molar refractivity (Wildman–Crippen MR) is 91.1 cm³/mol. The minimum Gasteiger partial charge on any atom is -0.368 e. The summed E-state index contributed by atoms with van der Waals surface area (Å²) in [6.07, 6.45) is -4.38. The van der Waals surface area contributed by atoms with E-state index in [2.05, 4.69) is 14.8 Å². The van der Waals surface area contributed by atoms with Crippen LogP contribution in [0.1, 0.15) is 10.7 Å². The van der Waals surface area contributed by atoms with Gasteiger partial charge in [-0.25, -0.2) is 4.98 Å². The molecule has 3 rings (SSSR count). The zero-order valence-corrected chi connectivity index (χ0v) is 14.8. The highest BCUT2D eigenvalue weighted by atomic mass is 35.5. The van der Waals surface area contributed by atoms with Gasteiger partial charge in [-0.15, -0.1) is 11.3 Å². The van der Waals surface area contributed by atoms with Gasteiger partial charge in [-0.3, -0.25) is 4.90 Å². The number of aromatic nitrogens is 1. The Morgan fingerprint density at radius 2 is 1.83 bits per heavy atom. The van der Waals surface area contributed by atoms with Crippen molar-refractivity contribution in [3.63, 3.8) is 0 Å². The topological polar surface area (TPSA) is 19.4 Å². The second kappa shape index (κ2) is 7.07. The van der Waals surface area contributed by atoms with E-state index in [-0.39, 0.29) is 0 Å². The van der Waals surface area contributed by atoms with Crippen LogP contribution >= 0.6 is 34.5 Å². The average molecular weight is 396 g/mol. The van der Waals surface area contributed by atoms with Gasteiger partial charge < -0.3 is 4.90 Å². The van der Waals surface area contributed by atoms with Gasteiger partial charge in [0.15, 0.2) is 5.69 Å². The molecular weight excluding hydrogens is 382 g/mol. The molecule has 0 N–H and O–H groups in total. The Morgan fingerprint density at radius 3 is 2.46 bits per heavy atom. The number of hydrogen-bond acceptors (Lipinski definition) is 4. The van der Waals surface area contributed by atoms with Crippen molar-refractivity contribution in [1.29, 1.82) is 0 Å². The Balaban J connectivity index is 1.59. The number of halogens is 5. The van der Waals surface area contributed by atoms with Crippen LogP contribution in [0.5, 0.6) is 0 Å². The summed E-state index contributed by atoms with van der Waals surface area (Å²) in [5.74, 6) is 0. The van der Waals surface area contributed by atoms with Crippen molar-refractivity contribution in [2.24, 2.45) is 0 Å². The quantitative estimate of drug-likeness (QED) is 0.744. The molecule has 1 saturated heterocycles. The Hall–Kier alpha value is -1.02. The van der Waals surface area contributed by atoms with Crippen molar-refractivity contribution in [2.45, 2.75) is 12.7 Å². The van der Waals surface area contributed by atoms with Crippen molar-refractivity contribution in [2.75, 3.05) is 31.1 Å². The van der Waals surface area contributed by atoms with E-state index in [1.165, 1.54) is 0 Å². The van der Waals surface area contributed by atoms with Crippen molar-refractivity contribution in [3.05, 3.63) is 44.3 Å². The van der Waals surface area contributed by atoms with E-state index in [1.807, 2.05) is 12.1 Å². The summed E-state index contributed by atoms with van der Waals surface area (Å²) in [5.41, 5.74) is 0.0734. The number of thiazole rings is 1. The number of anilines is 1. The molecule has 0 amide bonds. The standard InChI is InChI=1S/C15H14Cl2F3N3S/c16-10-2-1-3-11(14(10)17)23-6-4-22(5-7-23)8-13-21-12(9-24-13)15(18,19)20/h1-3,9H,4-8H2. The summed E-state index contributed by atoms with van der Waals surface area (Å²) in [7, 11) is 0. The molecule has 0 spiro atoms. The Bertz CT molecular complexity index is 712. The third kappa shape index (κ3) is 3.96. The summed E-state index contributed by atoms with van der Waals surface area (Å²) in [6.45, 7) is 3.35. The molecule has 1 aliphatic heterocycles. The normalized spacial score (nSPS) is 16.6. The molecule has 0 unspecified atom stereocenters. The molecule has 0 aliphatic carbocycles. The molecule has 1 fully saturated rings. The first kappa shape index (κ1) is 17.8. The molecule has 2 heterocycles. The van der Waals surface area contributed by atoms with E-state index in [1.54, 1.807) is 6.07 Å². The van der Waals surface area contributed by atoms with E-state index in [9.17, 15) is 13.2 Å². The number of rotatable bonds is 3. The number of piperazine rings is 1. The van der Waals surface area contributed by atoms with Gasteiger partial charge in [0.1, 0.15) is 5.01 Å². The first-order valence-electron chi connectivity index (χ1n) is 7.27. The average Bonchev–Trinajstić information content (AvgIpc) is 3.00. The van der Waals surface area contributed by atoms with Crippen LogP contribution in [0.2, 0.25) is 10.0 Å². The highest BCUT2D eigenvalue weighted by molar-refractivity contribution is 7.09. The third-order valence-electron chi connectivity index (χ3n) is 3.85. The lowest BCUT2D eigenvalue weighted by atomic mass is 10.2. The van der Waals surface area contributed by atoms with Crippen LogP contribution in [0.25, 0.3) is 0 Å². The van der Waals surface area contributed by atoms with Gasteiger partial charge in [0.25, 0.3) is 0 Å². The minimum atomic E-state index is -4.38. The molecule has 3 nitrogen and oxygen atoms in total. The zero-order valence-electron chi connectivity index (χ0n) is 12.5. The molecule has 0 atom stereocenters. The Morgan fingerprint density at radius 1 is 1.12 bits per heavy atom. The molecule has 2 aromatic rings. The maximum Gasteiger partial charge on any atom is 0.434 e. The van der Waals surface area contributed by atoms with Gasteiger partial charge in [-0.1, -0.05) is 29.3 Å². The van der Waals surface area contributed by atoms with Gasteiger partial charge in [0.05, 0.1) is 22.3 Å². The maximum atomic E-state index is 12.6. The van der Waals surface area contributed by atoms with Crippen molar-refractivity contribution in [1.82, 2.24) is 9.88 Å². The minimum absolute atomic E-state index is 0.428. The fourth-order valence-electron chi connectivity index (χ4n) is 2.59.